The van der Waals surface area contributed by atoms with Crippen LogP contribution in [-0.2, 0) is 23.7 Å². The largest absolute Gasteiger partial charge is 0.347 e. The maximum Gasteiger partial charge on any atom is 0.347 e. The lowest BCUT2D eigenvalue weighted by Crippen LogP contribution is -2.16. The Morgan fingerprint density at radius 1 is 1.35 bits per heavy atom. The number of hydrogen-bond donors (Lipinski definition) is 1. The van der Waals surface area contributed by atoms with Crippen LogP contribution in [0.1, 0.15) is 20.3 Å². The Balaban J connectivity index is 4.81. The van der Waals surface area contributed by atoms with Gasteiger partial charge in [0.1, 0.15) is 5.66 Å². The minimum Gasteiger partial charge on any atom is -0.308 e. The van der Waals surface area contributed by atoms with E-state index in [1.807, 2.05) is 0 Å². The van der Waals surface area contributed by atoms with E-state index in [2.05, 4.69) is 0 Å². The number of hydrogen-bond acceptors (Lipinski definition) is 6. The van der Waals surface area contributed by atoms with E-state index in [0.29, 0.717) is 0 Å². The maximum absolute atomic E-state index is 12.1. The Hall–Kier alpha value is -0.450. The fourth-order valence-electron chi connectivity index (χ4n) is 1.13. The smallest absolute Gasteiger partial charge is 0.308 e. The van der Waals surface area contributed by atoms with Gasteiger partial charge in [-0.3, -0.25) is 9.12 Å². The first-order valence-electron chi connectivity index (χ1n) is 5.02. The summed E-state index contributed by atoms with van der Waals surface area (Å²) in [6.07, 6.45) is -0.299. The summed E-state index contributed by atoms with van der Waals surface area (Å²) in [6.45, 7) is 3.34. The zero-order valence-electron chi connectivity index (χ0n) is 9.70. The van der Waals surface area contributed by atoms with E-state index in [4.69, 9.17) is 18.9 Å². The number of nitrogens with zero attached hydrogens (tertiary/aromatic N) is 1. The van der Waals surface area contributed by atoms with E-state index in [1.165, 1.54) is 0 Å². The third kappa shape index (κ3) is 6.15. The Labute approximate surface area is 101 Å². The van der Waals surface area contributed by atoms with Crippen LogP contribution in [0.25, 0.3) is 0 Å². The molecule has 1 N–H and O–H groups in total. The van der Waals surface area contributed by atoms with Crippen LogP contribution in [0.3, 0.4) is 0 Å². The van der Waals surface area contributed by atoms with Gasteiger partial charge in [-0.05, 0) is 20.3 Å². The van der Waals surface area contributed by atoms with E-state index in [0.717, 1.165) is 0 Å². The Morgan fingerprint density at radius 2 is 1.82 bits per heavy atom. The van der Waals surface area contributed by atoms with Crippen molar-refractivity contribution in [3.63, 3.8) is 0 Å². The van der Waals surface area contributed by atoms with Crippen LogP contribution >= 0.6 is 7.60 Å². The summed E-state index contributed by atoms with van der Waals surface area (Å²) in [5.74, 6) is -0.657. The molecule has 17 heavy (non-hydrogen) atoms. The van der Waals surface area contributed by atoms with Crippen molar-refractivity contribution in [2.75, 3.05) is 19.0 Å². The summed E-state index contributed by atoms with van der Waals surface area (Å²) in [5.41, 5.74) is -1.20. The fraction of sp³-hybridized carbons (Fsp3) is 0.875. The third-order valence-corrected chi connectivity index (χ3v) is 4.92. The Bertz CT molecular complexity index is 404. The monoisotopic (exact) mass is 285 g/mol. The van der Waals surface area contributed by atoms with Crippen molar-refractivity contribution >= 4 is 17.7 Å². The molecule has 0 bridgehead atoms. The lowest BCUT2D eigenvalue weighted by Gasteiger charge is -2.20. The van der Waals surface area contributed by atoms with Gasteiger partial charge in [0.05, 0.1) is 25.0 Å². The van der Waals surface area contributed by atoms with Crippen LogP contribution in [-0.4, -0.2) is 37.6 Å². The van der Waals surface area contributed by atoms with Gasteiger partial charge in [0, 0.05) is 0 Å². The second-order valence-electron chi connectivity index (χ2n) is 3.09. The van der Waals surface area contributed by atoms with Crippen LogP contribution < -0.4 is 0 Å². The fourth-order valence-corrected chi connectivity index (χ4v) is 3.58. The van der Waals surface area contributed by atoms with Crippen molar-refractivity contribution in [2.45, 2.75) is 25.9 Å². The van der Waals surface area contributed by atoms with Crippen LogP contribution in [0.5, 0.6) is 0 Å². The highest BCUT2D eigenvalue weighted by atomic mass is 32.2. The molecule has 0 radical (unpaired) electrons. The van der Waals surface area contributed by atoms with E-state index >= 15 is 0 Å². The highest BCUT2D eigenvalue weighted by Crippen LogP contribution is 2.53. The molecular weight excluding hydrogens is 269 g/mol. The molecule has 0 aromatic rings. The van der Waals surface area contributed by atoms with E-state index in [-0.39, 0.29) is 19.6 Å². The lowest BCUT2D eigenvalue weighted by molar-refractivity contribution is 0.215. The molecule has 0 rings (SSSR count). The van der Waals surface area contributed by atoms with Crippen molar-refractivity contribution in [3.05, 3.63) is 0 Å². The minimum atomic E-state index is -4.20. The average Bonchev–Trinajstić information content (AvgIpc) is 2.17. The molecule has 0 aliphatic heterocycles. The summed E-state index contributed by atoms with van der Waals surface area (Å²) in [6, 6.07) is 1.70. The van der Waals surface area contributed by atoms with Gasteiger partial charge in [-0.2, -0.15) is 13.7 Å². The second kappa shape index (κ2) is 7.09. The van der Waals surface area contributed by atoms with E-state index in [1.54, 1.807) is 19.9 Å². The van der Waals surface area contributed by atoms with Gasteiger partial charge in [-0.1, -0.05) is 0 Å². The predicted molar refractivity (Wildman–Crippen MR) is 61.3 cm³/mol. The van der Waals surface area contributed by atoms with Gasteiger partial charge in [0.25, 0.3) is 10.1 Å². The molecular formula is C8H16NO6PS. The first kappa shape index (κ1) is 16.6. The van der Waals surface area contributed by atoms with Gasteiger partial charge < -0.3 is 9.05 Å². The molecule has 1 atom stereocenters. The van der Waals surface area contributed by atoms with Gasteiger partial charge >= 0.3 is 7.60 Å². The molecule has 100 valence electrons. The molecule has 0 fully saturated rings. The second-order valence-corrected chi connectivity index (χ2v) is 6.89. The van der Waals surface area contributed by atoms with E-state index < -0.39 is 29.1 Å². The molecule has 0 aromatic heterocycles. The van der Waals surface area contributed by atoms with Gasteiger partial charge in [-0.25, -0.2) is 0 Å². The Morgan fingerprint density at radius 3 is 2.12 bits per heavy atom. The SMILES string of the molecule is CCOP(=O)(OCC)C(C#N)CCS(=O)(=O)O. The van der Waals surface area contributed by atoms with Crippen LogP contribution in [0.4, 0.5) is 0 Å². The molecule has 0 saturated heterocycles. The molecule has 0 aliphatic carbocycles. The third-order valence-electron chi connectivity index (χ3n) is 1.80. The summed E-state index contributed by atoms with van der Waals surface area (Å²) in [5, 5.41) is 8.85. The molecule has 0 saturated carbocycles. The summed E-state index contributed by atoms with van der Waals surface area (Å²) in [7, 11) is -7.85. The van der Waals surface area contributed by atoms with Crippen molar-refractivity contribution in [2.24, 2.45) is 0 Å². The summed E-state index contributed by atoms with van der Waals surface area (Å²) in [4.78, 5) is 0. The Kier molecular flexibility index (Phi) is 6.90. The lowest BCUT2D eigenvalue weighted by atomic mass is 10.4. The molecule has 0 heterocycles. The average molecular weight is 285 g/mol. The van der Waals surface area contributed by atoms with Crippen molar-refractivity contribution in [3.8, 4) is 6.07 Å². The predicted octanol–water partition coefficient (Wildman–Crippen LogP) is 1.42. The van der Waals surface area contributed by atoms with Gasteiger partial charge in [0.2, 0.25) is 0 Å². The zero-order valence-corrected chi connectivity index (χ0v) is 11.4. The topological polar surface area (TPSA) is 114 Å². The molecule has 9 heteroatoms. The normalized spacial score (nSPS) is 14.2. The number of rotatable bonds is 8. The van der Waals surface area contributed by atoms with Gasteiger partial charge in [-0.15, -0.1) is 0 Å². The van der Waals surface area contributed by atoms with Crippen molar-refractivity contribution < 1.29 is 26.6 Å². The van der Waals surface area contributed by atoms with Crippen LogP contribution in [0.15, 0.2) is 0 Å². The molecule has 7 nitrogen and oxygen atoms in total. The summed E-state index contributed by atoms with van der Waals surface area (Å²) < 4.78 is 51.7. The minimum absolute atomic E-state index is 0.0847. The molecule has 1 unspecified atom stereocenters. The van der Waals surface area contributed by atoms with Crippen molar-refractivity contribution in [1.29, 1.82) is 5.26 Å². The zero-order chi connectivity index (χ0) is 13.5. The maximum atomic E-state index is 12.1. The molecule has 0 aliphatic rings. The van der Waals surface area contributed by atoms with Crippen LogP contribution in [0, 0.1) is 11.3 Å². The summed E-state index contributed by atoms with van der Waals surface area (Å²) >= 11 is 0. The molecule has 0 spiro atoms. The standard InChI is InChI=1S/C8H16NO6PS/c1-3-14-16(10,15-4-2)8(7-9)5-6-17(11,12)13/h8H,3-6H2,1-2H3,(H,11,12,13). The van der Waals surface area contributed by atoms with E-state index in [9.17, 15) is 13.0 Å². The van der Waals surface area contributed by atoms with Crippen LogP contribution in [0.2, 0.25) is 0 Å². The molecule has 0 amide bonds. The van der Waals surface area contributed by atoms with Gasteiger partial charge in [0.15, 0.2) is 0 Å². The van der Waals surface area contributed by atoms with Crippen molar-refractivity contribution in [1.82, 2.24) is 0 Å². The first-order valence-corrected chi connectivity index (χ1v) is 8.24. The highest BCUT2D eigenvalue weighted by Gasteiger charge is 2.36. The molecule has 0 aromatic carbocycles. The quantitative estimate of drug-likeness (QED) is 0.529. The highest BCUT2D eigenvalue weighted by molar-refractivity contribution is 7.85. The first-order chi connectivity index (χ1) is 7.79. The number of nitriles is 1.